The zero-order valence-corrected chi connectivity index (χ0v) is 9.68. The molecule has 0 unspecified atom stereocenters. The third kappa shape index (κ3) is 1.57. The topological polar surface area (TPSA) is 40.6 Å². The van der Waals surface area contributed by atoms with Crippen LogP contribution in [-0.2, 0) is 10.0 Å². The molecule has 0 aliphatic carbocycles. The van der Waals surface area contributed by atoms with E-state index in [1.54, 1.807) is 11.2 Å². The molecule has 2 heterocycles. The quantitative estimate of drug-likeness (QED) is 0.654. The standard InChI is InChI=1S/C9H18N2O2S/c1-3-14(12,13)11-5-4-9(8-11)6-10(2)7-9/h3-8H2,1-2H3. The number of likely N-dealkylation sites (tertiary alicyclic amines) is 1. The first kappa shape index (κ1) is 10.4. The molecule has 0 atom stereocenters. The van der Waals surface area contributed by atoms with Gasteiger partial charge in [-0.15, -0.1) is 0 Å². The average molecular weight is 218 g/mol. The molecule has 5 heteroatoms. The fourth-order valence-electron chi connectivity index (χ4n) is 2.67. The first-order valence-corrected chi connectivity index (χ1v) is 6.75. The largest absolute Gasteiger partial charge is 0.305 e. The van der Waals surface area contributed by atoms with E-state index in [2.05, 4.69) is 11.9 Å². The van der Waals surface area contributed by atoms with Crippen LogP contribution >= 0.6 is 0 Å². The molecule has 0 amide bonds. The number of nitrogens with zero attached hydrogens (tertiary/aromatic N) is 2. The van der Waals surface area contributed by atoms with E-state index in [9.17, 15) is 8.42 Å². The highest BCUT2D eigenvalue weighted by molar-refractivity contribution is 7.89. The summed E-state index contributed by atoms with van der Waals surface area (Å²) in [5.41, 5.74) is 0.289. The number of hydrogen-bond donors (Lipinski definition) is 0. The van der Waals surface area contributed by atoms with Crippen molar-refractivity contribution in [3.8, 4) is 0 Å². The highest BCUT2D eigenvalue weighted by Gasteiger charge is 2.48. The highest BCUT2D eigenvalue weighted by Crippen LogP contribution is 2.39. The molecule has 14 heavy (non-hydrogen) atoms. The van der Waals surface area contributed by atoms with Gasteiger partial charge in [0.05, 0.1) is 5.75 Å². The summed E-state index contributed by atoms with van der Waals surface area (Å²) in [7, 11) is -0.862. The summed E-state index contributed by atoms with van der Waals surface area (Å²) in [6, 6.07) is 0. The van der Waals surface area contributed by atoms with Gasteiger partial charge in [0.2, 0.25) is 10.0 Å². The van der Waals surface area contributed by atoms with E-state index >= 15 is 0 Å². The summed E-state index contributed by atoms with van der Waals surface area (Å²) in [5.74, 6) is 0.235. The molecular formula is C9H18N2O2S. The molecule has 0 saturated carbocycles. The van der Waals surface area contributed by atoms with Gasteiger partial charge in [0.25, 0.3) is 0 Å². The molecule has 0 aromatic heterocycles. The normalized spacial score (nSPS) is 28.1. The lowest BCUT2D eigenvalue weighted by Crippen LogP contribution is -2.55. The summed E-state index contributed by atoms with van der Waals surface area (Å²) in [6.45, 7) is 5.30. The molecule has 2 fully saturated rings. The molecular weight excluding hydrogens is 200 g/mol. The molecule has 2 aliphatic rings. The van der Waals surface area contributed by atoms with Gasteiger partial charge >= 0.3 is 0 Å². The first-order valence-electron chi connectivity index (χ1n) is 5.14. The van der Waals surface area contributed by atoms with Crippen LogP contribution in [0.4, 0.5) is 0 Å². The Morgan fingerprint density at radius 1 is 1.29 bits per heavy atom. The van der Waals surface area contributed by atoms with E-state index in [0.717, 1.165) is 32.6 Å². The van der Waals surface area contributed by atoms with Crippen molar-refractivity contribution in [3.05, 3.63) is 0 Å². The van der Waals surface area contributed by atoms with Gasteiger partial charge in [0, 0.05) is 31.6 Å². The maximum Gasteiger partial charge on any atom is 0.213 e. The minimum absolute atomic E-state index is 0.235. The molecule has 2 rings (SSSR count). The Morgan fingerprint density at radius 3 is 2.43 bits per heavy atom. The van der Waals surface area contributed by atoms with E-state index in [1.807, 2.05) is 0 Å². The molecule has 2 saturated heterocycles. The fraction of sp³-hybridized carbons (Fsp3) is 1.00. The summed E-state index contributed by atoms with van der Waals surface area (Å²) in [4.78, 5) is 2.25. The van der Waals surface area contributed by atoms with Gasteiger partial charge in [0.1, 0.15) is 0 Å². The SMILES string of the molecule is CCS(=O)(=O)N1CCC2(CN(C)C2)C1. The highest BCUT2D eigenvalue weighted by atomic mass is 32.2. The van der Waals surface area contributed by atoms with Crippen LogP contribution in [0.3, 0.4) is 0 Å². The van der Waals surface area contributed by atoms with Crippen molar-refractivity contribution in [2.75, 3.05) is 39.0 Å². The van der Waals surface area contributed by atoms with E-state index in [-0.39, 0.29) is 11.2 Å². The van der Waals surface area contributed by atoms with Crippen molar-refractivity contribution in [3.63, 3.8) is 0 Å². The Kier molecular flexibility index (Phi) is 2.36. The smallest absolute Gasteiger partial charge is 0.213 e. The Balaban J connectivity index is 2.02. The Bertz CT molecular complexity index is 320. The second-order valence-corrected chi connectivity index (χ2v) is 6.91. The number of rotatable bonds is 2. The van der Waals surface area contributed by atoms with E-state index in [1.165, 1.54) is 0 Å². The molecule has 0 aromatic carbocycles. The second kappa shape index (κ2) is 3.18. The molecule has 0 aromatic rings. The van der Waals surface area contributed by atoms with Crippen molar-refractivity contribution < 1.29 is 8.42 Å². The van der Waals surface area contributed by atoms with Gasteiger partial charge in [0.15, 0.2) is 0 Å². The summed E-state index contributed by atoms with van der Waals surface area (Å²) in [5, 5.41) is 0. The van der Waals surface area contributed by atoms with Gasteiger partial charge in [-0.25, -0.2) is 12.7 Å². The van der Waals surface area contributed by atoms with E-state index < -0.39 is 10.0 Å². The van der Waals surface area contributed by atoms with Crippen molar-refractivity contribution >= 4 is 10.0 Å². The Hall–Kier alpha value is -0.130. The number of sulfonamides is 1. The van der Waals surface area contributed by atoms with Gasteiger partial charge in [-0.1, -0.05) is 0 Å². The van der Waals surface area contributed by atoms with Crippen molar-refractivity contribution in [2.45, 2.75) is 13.3 Å². The second-order valence-electron chi connectivity index (χ2n) is 4.66. The predicted molar refractivity (Wildman–Crippen MR) is 55.6 cm³/mol. The lowest BCUT2D eigenvalue weighted by atomic mass is 9.80. The summed E-state index contributed by atoms with van der Waals surface area (Å²) in [6.07, 6.45) is 1.04. The molecule has 2 aliphatic heterocycles. The molecule has 82 valence electrons. The van der Waals surface area contributed by atoms with Crippen LogP contribution in [0.5, 0.6) is 0 Å². The van der Waals surface area contributed by atoms with Gasteiger partial charge < -0.3 is 4.90 Å². The van der Waals surface area contributed by atoms with Crippen LogP contribution in [0.25, 0.3) is 0 Å². The van der Waals surface area contributed by atoms with Crippen LogP contribution < -0.4 is 0 Å². The minimum Gasteiger partial charge on any atom is -0.305 e. The average Bonchev–Trinajstić information content (AvgIpc) is 2.49. The minimum atomic E-state index is -2.95. The molecule has 4 nitrogen and oxygen atoms in total. The monoisotopic (exact) mass is 218 g/mol. The van der Waals surface area contributed by atoms with Crippen molar-refractivity contribution in [1.29, 1.82) is 0 Å². The third-order valence-corrected chi connectivity index (χ3v) is 5.20. The van der Waals surface area contributed by atoms with Crippen LogP contribution in [0, 0.1) is 5.41 Å². The molecule has 0 N–H and O–H groups in total. The van der Waals surface area contributed by atoms with Gasteiger partial charge in [-0.3, -0.25) is 0 Å². The zero-order chi connectivity index (χ0) is 10.4. The summed E-state index contributed by atoms with van der Waals surface area (Å²) >= 11 is 0. The van der Waals surface area contributed by atoms with Gasteiger partial charge in [-0.05, 0) is 20.4 Å². The maximum atomic E-state index is 11.6. The molecule has 1 spiro atoms. The van der Waals surface area contributed by atoms with E-state index in [4.69, 9.17) is 0 Å². The van der Waals surface area contributed by atoms with Crippen molar-refractivity contribution in [1.82, 2.24) is 9.21 Å². The third-order valence-electron chi connectivity index (χ3n) is 3.37. The Labute approximate surface area is 85.9 Å². The first-order chi connectivity index (χ1) is 6.47. The van der Waals surface area contributed by atoms with Crippen LogP contribution in [0.2, 0.25) is 0 Å². The summed E-state index contributed by atoms with van der Waals surface area (Å²) < 4.78 is 24.9. The lowest BCUT2D eigenvalue weighted by Gasteiger charge is -2.46. The van der Waals surface area contributed by atoms with Crippen LogP contribution in [0.15, 0.2) is 0 Å². The number of hydrogen-bond acceptors (Lipinski definition) is 3. The van der Waals surface area contributed by atoms with Crippen LogP contribution in [0.1, 0.15) is 13.3 Å². The molecule has 0 radical (unpaired) electrons. The molecule has 0 bridgehead atoms. The Morgan fingerprint density at radius 2 is 1.93 bits per heavy atom. The van der Waals surface area contributed by atoms with E-state index in [0.29, 0.717) is 0 Å². The lowest BCUT2D eigenvalue weighted by molar-refractivity contribution is 0.0363. The van der Waals surface area contributed by atoms with Crippen LogP contribution in [-0.4, -0.2) is 56.6 Å². The fourth-order valence-corrected chi connectivity index (χ4v) is 3.88. The van der Waals surface area contributed by atoms with Crippen molar-refractivity contribution in [2.24, 2.45) is 5.41 Å². The zero-order valence-electron chi connectivity index (χ0n) is 8.86. The maximum absolute atomic E-state index is 11.6. The predicted octanol–water partition coefficient (Wildman–Crippen LogP) is -0.0264. The van der Waals surface area contributed by atoms with Gasteiger partial charge in [-0.2, -0.15) is 0 Å².